The first-order chi connectivity index (χ1) is 8.61. The molecule has 0 fully saturated rings. The van der Waals surface area contributed by atoms with Crippen molar-refractivity contribution in [1.29, 1.82) is 0 Å². The van der Waals surface area contributed by atoms with Gasteiger partial charge in [-0.05, 0) is 29.6 Å². The first kappa shape index (κ1) is 12.9. The summed E-state index contributed by atoms with van der Waals surface area (Å²) in [4.78, 5) is 4.55. The van der Waals surface area contributed by atoms with Crippen LogP contribution in [0.3, 0.4) is 0 Å². The third kappa shape index (κ3) is 2.47. The molecule has 2 heterocycles. The number of rotatable bonds is 2. The molecule has 2 rings (SSSR count). The molecule has 0 aromatic carbocycles. The maximum atomic E-state index is 5.83. The zero-order valence-electron chi connectivity index (χ0n) is 11.6. The molecule has 1 aromatic rings. The molecule has 0 atom stereocenters. The second-order valence-electron chi connectivity index (χ2n) is 5.24. The number of fused-ring (bicyclic) bond motifs is 1. The van der Waals surface area contributed by atoms with E-state index in [9.17, 15) is 0 Å². The lowest BCUT2D eigenvalue weighted by atomic mass is 9.89. The van der Waals surface area contributed by atoms with Crippen molar-refractivity contribution < 1.29 is 4.74 Å². The largest absolute Gasteiger partial charge is 0.489 e. The van der Waals surface area contributed by atoms with Gasteiger partial charge in [-0.2, -0.15) is 0 Å². The summed E-state index contributed by atoms with van der Waals surface area (Å²) in [6, 6.07) is 1.97. The maximum absolute atomic E-state index is 5.83. The van der Waals surface area contributed by atoms with Gasteiger partial charge in [-0.25, -0.2) is 0 Å². The number of nitrogens with zero attached hydrogens (tertiary/aromatic N) is 1. The van der Waals surface area contributed by atoms with Crippen molar-refractivity contribution in [2.24, 2.45) is 5.92 Å². The summed E-state index contributed by atoms with van der Waals surface area (Å²) < 4.78 is 5.83. The van der Waals surface area contributed by atoms with Gasteiger partial charge in [0.15, 0.2) is 0 Å². The zero-order valence-corrected chi connectivity index (χ0v) is 11.6. The maximum Gasteiger partial charge on any atom is 0.130 e. The Labute approximate surface area is 109 Å². The van der Waals surface area contributed by atoms with Crippen LogP contribution in [-0.2, 0) is 0 Å². The predicted molar refractivity (Wildman–Crippen MR) is 75.8 cm³/mol. The highest BCUT2D eigenvalue weighted by atomic mass is 16.5. The van der Waals surface area contributed by atoms with E-state index in [1.807, 2.05) is 18.3 Å². The van der Waals surface area contributed by atoms with Gasteiger partial charge in [0.25, 0.3) is 0 Å². The number of aromatic nitrogens is 1. The molecule has 0 unspecified atom stereocenters. The molecule has 0 N–H and O–H groups in total. The topological polar surface area (TPSA) is 22.1 Å². The minimum absolute atomic E-state index is 0.397. The summed E-state index contributed by atoms with van der Waals surface area (Å²) in [5.41, 5.74) is 3.62. The van der Waals surface area contributed by atoms with Gasteiger partial charge < -0.3 is 4.74 Å². The Morgan fingerprint density at radius 2 is 1.94 bits per heavy atom. The molecule has 2 heteroatoms. The highest BCUT2D eigenvalue weighted by Gasteiger charge is 2.19. The highest BCUT2D eigenvalue weighted by molar-refractivity contribution is 5.75. The minimum Gasteiger partial charge on any atom is -0.489 e. The van der Waals surface area contributed by atoms with E-state index in [0.717, 1.165) is 11.4 Å². The number of ether oxygens (including phenoxy) is 1. The number of pyridine rings is 1. The summed E-state index contributed by atoms with van der Waals surface area (Å²) in [7, 11) is 0. The molecule has 2 nitrogen and oxygen atoms in total. The predicted octanol–water partition coefficient (Wildman–Crippen LogP) is 4.19. The standard InChI is InChI=1S/C16H21NO/c1-11(2)13-7-5-6-10-18-14-8-9-17-16(12(3)4)15(13)14/h5-9,11-12H,10H2,1-4H3/b6-5-,13-7-. The Morgan fingerprint density at radius 3 is 2.61 bits per heavy atom. The Hall–Kier alpha value is -1.57. The molecular weight excluding hydrogens is 222 g/mol. The molecule has 1 aromatic heterocycles. The second-order valence-corrected chi connectivity index (χ2v) is 5.24. The van der Waals surface area contributed by atoms with Crippen molar-refractivity contribution in [3.05, 3.63) is 41.7 Å². The molecule has 0 aliphatic carbocycles. The SMILES string of the molecule is CC(C)/C1=C/C=C\COc2ccnc(C(C)C)c21. The van der Waals surface area contributed by atoms with E-state index in [1.54, 1.807) is 0 Å². The summed E-state index contributed by atoms with van der Waals surface area (Å²) in [5, 5.41) is 0. The monoisotopic (exact) mass is 243 g/mol. The van der Waals surface area contributed by atoms with Gasteiger partial charge in [0.05, 0.1) is 5.69 Å². The second kappa shape index (κ2) is 5.38. The van der Waals surface area contributed by atoms with Crippen molar-refractivity contribution >= 4 is 5.57 Å². The lowest BCUT2D eigenvalue weighted by Gasteiger charge is -2.21. The Bertz CT molecular complexity index is 484. The lowest BCUT2D eigenvalue weighted by molar-refractivity contribution is 0.359. The van der Waals surface area contributed by atoms with Gasteiger partial charge in [0.2, 0.25) is 0 Å². The number of allylic oxidation sites excluding steroid dienone is 3. The van der Waals surface area contributed by atoms with Gasteiger partial charge >= 0.3 is 0 Å². The quantitative estimate of drug-likeness (QED) is 0.777. The van der Waals surface area contributed by atoms with Crippen LogP contribution in [0.15, 0.2) is 30.5 Å². The molecule has 0 radical (unpaired) electrons. The fraction of sp³-hybridized carbons (Fsp3) is 0.438. The van der Waals surface area contributed by atoms with Gasteiger partial charge in [0.1, 0.15) is 12.4 Å². The molecule has 0 saturated heterocycles. The van der Waals surface area contributed by atoms with E-state index in [0.29, 0.717) is 18.4 Å². The van der Waals surface area contributed by atoms with Crippen LogP contribution in [0.2, 0.25) is 0 Å². The van der Waals surface area contributed by atoms with E-state index in [2.05, 4.69) is 44.8 Å². The van der Waals surface area contributed by atoms with E-state index in [1.165, 1.54) is 11.1 Å². The molecule has 18 heavy (non-hydrogen) atoms. The lowest BCUT2D eigenvalue weighted by Crippen LogP contribution is -2.08. The van der Waals surface area contributed by atoms with Crippen LogP contribution in [0.5, 0.6) is 5.75 Å². The van der Waals surface area contributed by atoms with Crippen LogP contribution in [0, 0.1) is 5.92 Å². The normalized spacial score (nSPS) is 19.6. The summed E-state index contributed by atoms with van der Waals surface area (Å²) in [6.45, 7) is 9.39. The molecule has 0 spiro atoms. The van der Waals surface area contributed by atoms with Crippen molar-refractivity contribution in [3.8, 4) is 5.75 Å². The summed E-state index contributed by atoms with van der Waals surface area (Å²) in [6.07, 6.45) is 8.16. The van der Waals surface area contributed by atoms with Gasteiger partial charge in [-0.1, -0.05) is 39.8 Å². The van der Waals surface area contributed by atoms with Crippen molar-refractivity contribution in [2.75, 3.05) is 6.61 Å². The van der Waals surface area contributed by atoms with E-state index >= 15 is 0 Å². The number of hydrogen-bond donors (Lipinski definition) is 0. The van der Waals surface area contributed by atoms with Gasteiger partial charge in [0, 0.05) is 11.8 Å². The van der Waals surface area contributed by atoms with Crippen molar-refractivity contribution in [1.82, 2.24) is 4.98 Å². The molecule has 96 valence electrons. The van der Waals surface area contributed by atoms with E-state index in [-0.39, 0.29) is 0 Å². The molecule has 0 saturated carbocycles. The van der Waals surface area contributed by atoms with E-state index in [4.69, 9.17) is 4.74 Å². The van der Waals surface area contributed by atoms with Gasteiger partial charge in [-0.15, -0.1) is 0 Å². The van der Waals surface area contributed by atoms with Crippen LogP contribution >= 0.6 is 0 Å². The van der Waals surface area contributed by atoms with Crippen LogP contribution in [-0.4, -0.2) is 11.6 Å². The molecule has 1 aliphatic heterocycles. The number of hydrogen-bond acceptors (Lipinski definition) is 2. The summed E-state index contributed by atoms with van der Waals surface area (Å²) in [5.74, 6) is 1.81. The smallest absolute Gasteiger partial charge is 0.130 e. The van der Waals surface area contributed by atoms with Crippen molar-refractivity contribution in [2.45, 2.75) is 33.6 Å². The van der Waals surface area contributed by atoms with Crippen LogP contribution in [0.1, 0.15) is 44.9 Å². The van der Waals surface area contributed by atoms with E-state index < -0.39 is 0 Å². The third-order valence-corrected chi connectivity index (χ3v) is 3.15. The highest BCUT2D eigenvalue weighted by Crippen LogP contribution is 2.36. The summed E-state index contributed by atoms with van der Waals surface area (Å²) >= 11 is 0. The molecule has 1 aliphatic rings. The van der Waals surface area contributed by atoms with Crippen LogP contribution in [0.25, 0.3) is 5.57 Å². The molecule has 0 bridgehead atoms. The van der Waals surface area contributed by atoms with Gasteiger partial charge in [-0.3, -0.25) is 4.98 Å². The fourth-order valence-corrected chi connectivity index (χ4v) is 2.24. The molecular formula is C16H21NO. The minimum atomic E-state index is 0.397. The first-order valence-corrected chi connectivity index (χ1v) is 6.60. The zero-order chi connectivity index (χ0) is 13.1. The average Bonchev–Trinajstić information content (AvgIpc) is 2.28. The average molecular weight is 243 g/mol. The van der Waals surface area contributed by atoms with Crippen LogP contribution in [0.4, 0.5) is 0 Å². The first-order valence-electron chi connectivity index (χ1n) is 6.60. The fourth-order valence-electron chi connectivity index (χ4n) is 2.24. The Kier molecular flexibility index (Phi) is 3.85. The van der Waals surface area contributed by atoms with Crippen LogP contribution < -0.4 is 4.74 Å². The Morgan fingerprint density at radius 1 is 1.17 bits per heavy atom. The third-order valence-electron chi connectivity index (χ3n) is 3.15. The molecule has 0 amide bonds. The van der Waals surface area contributed by atoms with Crippen molar-refractivity contribution in [3.63, 3.8) is 0 Å². The Balaban J connectivity index is 2.65.